The molecule has 1 aromatic heterocycles. The molecule has 3 N–H and O–H groups in total. The van der Waals surface area contributed by atoms with Gasteiger partial charge in [0.2, 0.25) is 0 Å². The molecule has 2 aromatic rings. The van der Waals surface area contributed by atoms with Crippen molar-refractivity contribution >= 4 is 22.3 Å². The van der Waals surface area contributed by atoms with E-state index in [2.05, 4.69) is 64.7 Å². The molecule has 0 radical (unpaired) electrons. The Bertz CT molecular complexity index is 1670. The van der Waals surface area contributed by atoms with Gasteiger partial charge in [-0.2, -0.15) is 0 Å². The lowest BCUT2D eigenvalue weighted by atomic mass is 9.42. The van der Waals surface area contributed by atoms with Crippen molar-refractivity contribution in [3.05, 3.63) is 52.2 Å². The zero-order valence-electron chi connectivity index (χ0n) is 27.0. The van der Waals surface area contributed by atoms with Crippen molar-refractivity contribution in [3.8, 4) is 0 Å². The normalized spacial score (nSPS) is 40.6. The maximum Gasteiger partial charge on any atom is 0.187 e. The standard InChI is InChI=1S/C37H47NO5/c1-32(2)18-24-21-16-27-22(13-19(21)14-25(24)34(5,6)43-32)23-15-20-9-12-37(41)26-17-28(39)31(33(3,4)40)42-29(26)10-11-35(37,7)36(20,8)30(23)38-27/h13,16-18,20,25,29,31,38,40-41H,9-12,14-15H2,1-8H3/t20-,25-,29-,31-,35+,36+,37?/m0/s1. The van der Waals surface area contributed by atoms with Crippen molar-refractivity contribution in [2.45, 2.75) is 134 Å². The number of ether oxygens (including phenoxy) is 2. The van der Waals surface area contributed by atoms with Crippen LogP contribution >= 0.6 is 0 Å². The highest BCUT2D eigenvalue weighted by Gasteiger charge is 2.70. The van der Waals surface area contributed by atoms with Crippen LogP contribution in [0.3, 0.4) is 0 Å². The number of carbonyl (C=O) groups is 1. The van der Waals surface area contributed by atoms with E-state index in [1.54, 1.807) is 19.9 Å². The summed E-state index contributed by atoms with van der Waals surface area (Å²) in [6.45, 7) is 16.6. The quantitative estimate of drug-likeness (QED) is 0.376. The number of aliphatic hydroxyl groups is 2. The van der Waals surface area contributed by atoms with Gasteiger partial charge in [-0.1, -0.05) is 13.8 Å². The summed E-state index contributed by atoms with van der Waals surface area (Å²) in [6.07, 6.45) is 7.72. The first kappa shape index (κ1) is 28.2. The van der Waals surface area contributed by atoms with Gasteiger partial charge in [0.1, 0.15) is 6.10 Å². The molecule has 8 rings (SSSR count). The van der Waals surface area contributed by atoms with Crippen molar-refractivity contribution in [1.29, 1.82) is 0 Å². The molecule has 1 aromatic carbocycles. The number of hydrogen-bond donors (Lipinski definition) is 3. The Morgan fingerprint density at radius 3 is 2.49 bits per heavy atom. The van der Waals surface area contributed by atoms with E-state index in [1.165, 1.54) is 38.9 Å². The minimum Gasteiger partial charge on any atom is -0.387 e. The van der Waals surface area contributed by atoms with E-state index in [-0.39, 0.29) is 28.5 Å². The summed E-state index contributed by atoms with van der Waals surface area (Å²) in [7, 11) is 0. The number of rotatable bonds is 1. The van der Waals surface area contributed by atoms with Crippen LogP contribution in [0.1, 0.15) is 103 Å². The van der Waals surface area contributed by atoms with Gasteiger partial charge in [0.15, 0.2) is 5.78 Å². The molecule has 2 saturated carbocycles. The van der Waals surface area contributed by atoms with Crippen molar-refractivity contribution in [1.82, 2.24) is 4.98 Å². The highest BCUT2D eigenvalue weighted by Crippen LogP contribution is 2.69. The molecule has 0 bridgehead atoms. The first-order valence-corrected chi connectivity index (χ1v) is 16.4. The number of fused-ring (bicyclic) bond motifs is 12. The van der Waals surface area contributed by atoms with Gasteiger partial charge >= 0.3 is 0 Å². The third-order valence-electron chi connectivity index (χ3n) is 13.0. The fourth-order valence-electron chi connectivity index (χ4n) is 10.9. The molecule has 2 fully saturated rings. The smallest absolute Gasteiger partial charge is 0.187 e. The van der Waals surface area contributed by atoms with Gasteiger partial charge in [0.05, 0.1) is 28.5 Å². The molecular weight excluding hydrogens is 538 g/mol. The number of nitrogens with one attached hydrogen (secondary N) is 1. The molecule has 7 atom stereocenters. The predicted molar refractivity (Wildman–Crippen MR) is 167 cm³/mol. The average molecular weight is 586 g/mol. The second-order valence-corrected chi connectivity index (χ2v) is 16.7. The molecule has 6 aliphatic rings. The maximum atomic E-state index is 13.2. The Morgan fingerprint density at radius 2 is 1.77 bits per heavy atom. The topological polar surface area (TPSA) is 91.8 Å². The Kier molecular flexibility index (Phi) is 5.33. The van der Waals surface area contributed by atoms with Gasteiger partial charge in [-0.05, 0) is 138 Å². The van der Waals surface area contributed by atoms with Crippen LogP contribution in [0.15, 0.2) is 29.9 Å². The monoisotopic (exact) mass is 585 g/mol. The Labute approximate surface area is 254 Å². The van der Waals surface area contributed by atoms with Crippen molar-refractivity contribution in [2.24, 2.45) is 17.3 Å². The van der Waals surface area contributed by atoms with Crippen molar-refractivity contribution < 1.29 is 24.5 Å². The summed E-state index contributed by atoms with van der Waals surface area (Å²) in [6, 6.07) is 4.83. The molecule has 2 aliphatic heterocycles. The van der Waals surface area contributed by atoms with Crippen LogP contribution in [0, 0.1) is 17.3 Å². The number of ketones is 1. The molecule has 0 saturated heterocycles. The van der Waals surface area contributed by atoms with Crippen molar-refractivity contribution in [3.63, 3.8) is 0 Å². The number of aromatic nitrogens is 1. The minimum atomic E-state index is -1.27. The molecule has 3 heterocycles. The van der Waals surface area contributed by atoms with Crippen LogP contribution in [0.2, 0.25) is 0 Å². The Hall–Kier alpha value is -2.25. The van der Waals surface area contributed by atoms with Gasteiger partial charge in [-0.3, -0.25) is 4.79 Å². The van der Waals surface area contributed by atoms with Gasteiger partial charge in [-0.15, -0.1) is 0 Å². The van der Waals surface area contributed by atoms with E-state index in [0.717, 1.165) is 37.7 Å². The highest BCUT2D eigenvalue weighted by molar-refractivity contribution is 5.96. The largest absolute Gasteiger partial charge is 0.387 e. The lowest BCUT2D eigenvalue weighted by Crippen LogP contribution is -2.68. The van der Waals surface area contributed by atoms with E-state index >= 15 is 0 Å². The van der Waals surface area contributed by atoms with E-state index < -0.39 is 22.7 Å². The Morgan fingerprint density at radius 1 is 1.02 bits per heavy atom. The second kappa shape index (κ2) is 8.12. The van der Waals surface area contributed by atoms with Gasteiger partial charge < -0.3 is 24.7 Å². The van der Waals surface area contributed by atoms with Crippen LogP contribution in [0.4, 0.5) is 0 Å². The molecule has 0 spiro atoms. The molecule has 6 nitrogen and oxygen atoms in total. The maximum absolute atomic E-state index is 13.2. The molecule has 4 aliphatic carbocycles. The van der Waals surface area contributed by atoms with Crippen LogP contribution in [-0.4, -0.2) is 55.6 Å². The average Bonchev–Trinajstić information content (AvgIpc) is 3.52. The zero-order valence-corrected chi connectivity index (χ0v) is 27.0. The van der Waals surface area contributed by atoms with Crippen LogP contribution < -0.4 is 0 Å². The highest BCUT2D eigenvalue weighted by atomic mass is 16.5. The number of benzene rings is 1. The molecular formula is C37H47NO5. The fourth-order valence-corrected chi connectivity index (χ4v) is 10.9. The molecule has 6 heteroatoms. The van der Waals surface area contributed by atoms with E-state index in [4.69, 9.17) is 9.47 Å². The minimum absolute atomic E-state index is 0.228. The molecule has 43 heavy (non-hydrogen) atoms. The summed E-state index contributed by atoms with van der Waals surface area (Å²) < 4.78 is 12.8. The third-order valence-corrected chi connectivity index (χ3v) is 13.0. The van der Waals surface area contributed by atoms with Gasteiger partial charge in [0.25, 0.3) is 0 Å². The predicted octanol–water partition coefficient (Wildman–Crippen LogP) is 6.10. The second-order valence-electron chi connectivity index (χ2n) is 16.7. The summed E-state index contributed by atoms with van der Waals surface area (Å²) in [5.41, 5.74) is 5.02. The van der Waals surface area contributed by atoms with Crippen LogP contribution in [-0.2, 0) is 32.5 Å². The van der Waals surface area contributed by atoms with E-state index in [0.29, 0.717) is 18.3 Å². The summed E-state index contributed by atoms with van der Waals surface area (Å²) in [4.78, 5) is 17.2. The number of H-pyrrole nitrogens is 1. The number of carbonyl (C=O) groups excluding carboxylic acids is 1. The van der Waals surface area contributed by atoms with Crippen molar-refractivity contribution in [2.75, 3.05) is 0 Å². The molecule has 0 amide bonds. The summed E-state index contributed by atoms with van der Waals surface area (Å²) in [5.74, 6) is 0.517. The first-order valence-electron chi connectivity index (χ1n) is 16.4. The number of aromatic amines is 1. The molecule has 230 valence electrons. The van der Waals surface area contributed by atoms with E-state index in [1.807, 2.05) is 0 Å². The lowest BCUT2D eigenvalue weighted by Gasteiger charge is -2.64. The summed E-state index contributed by atoms with van der Waals surface area (Å²) in [5, 5.41) is 24.7. The Balaban J connectivity index is 1.23. The molecule has 1 unspecified atom stereocenters. The fraction of sp³-hybridized carbons (Fsp3) is 0.649. The van der Waals surface area contributed by atoms with Gasteiger partial charge in [-0.25, -0.2) is 0 Å². The first-order chi connectivity index (χ1) is 19.9. The SMILES string of the molecule is CC1(C)C=C2c3cc4[nH]c5c(c4cc3C[C@@H]2C(C)(C)O1)C[C@@H]1CCC2(O)C3=CC(=O)[C@@H](C(C)(C)O)O[C@H]3CC[C@]2(C)[C@@]51C. The number of hydrogen-bond acceptors (Lipinski definition) is 5. The zero-order chi connectivity index (χ0) is 30.7. The third kappa shape index (κ3) is 3.42. The van der Waals surface area contributed by atoms with Gasteiger partial charge in [0, 0.05) is 33.3 Å². The van der Waals surface area contributed by atoms with E-state index in [9.17, 15) is 15.0 Å². The van der Waals surface area contributed by atoms with Crippen LogP contribution in [0.5, 0.6) is 0 Å². The summed E-state index contributed by atoms with van der Waals surface area (Å²) >= 11 is 0. The lowest BCUT2D eigenvalue weighted by molar-refractivity contribution is -0.195. The van der Waals surface area contributed by atoms with Crippen LogP contribution in [0.25, 0.3) is 16.5 Å².